The Balaban J connectivity index is 1.66. The minimum atomic E-state index is -0.0884. The topological polar surface area (TPSA) is 54.8 Å². The number of amides is 2. The van der Waals surface area contributed by atoms with Crippen molar-refractivity contribution in [3.8, 4) is 0 Å². The van der Waals surface area contributed by atoms with Gasteiger partial charge in [-0.1, -0.05) is 63.4 Å². The number of benzene rings is 1. The highest BCUT2D eigenvalue weighted by molar-refractivity contribution is 5.85. The normalized spacial score (nSPS) is 14.4. The van der Waals surface area contributed by atoms with Gasteiger partial charge in [-0.3, -0.25) is 9.59 Å². The van der Waals surface area contributed by atoms with Crippen molar-refractivity contribution in [2.75, 3.05) is 19.7 Å². The predicted octanol–water partition coefficient (Wildman–Crippen LogP) is 4.39. The zero-order chi connectivity index (χ0) is 23.6. The average Bonchev–Trinajstić information content (AvgIpc) is 3.22. The molecule has 0 spiro atoms. The second kappa shape index (κ2) is 12.6. The molecule has 1 aliphatic carbocycles. The van der Waals surface area contributed by atoms with E-state index in [1.54, 1.807) is 4.90 Å². The number of ether oxygens (including phenoxy) is 1. The van der Waals surface area contributed by atoms with E-state index in [0.29, 0.717) is 25.6 Å². The molecule has 6 heteroatoms. The van der Waals surface area contributed by atoms with Crippen molar-refractivity contribution in [1.82, 2.24) is 14.4 Å². The Bertz CT molecular complexity index is 872. The highest BCUT2D eigenvalue weighted by Gasteiger charge is 2.29. The van der Waals surface area contributed by atoms with Crippen molar-refractivity contribution in [3.05, 3.63) is 59.9 Å². The van der Waals surface area contributed by atoms with Crippen molar-refractivity contribution in [2.24, 2.45) is 13.0 Å². The van der Waals surface area contributed by atoms with E-state index >= 15 is 0 Å². The average molecular weight is 454 g/mol. The van der Waals surface area contributed by atoms with Crippen molar-refractivity contribution < 1.29 is 14.3 Å². The summed E-state index contributed by atoms with van der Waals surface area (Å²) in [6.07, 6.45) is 7.32. The van der Waals surface area contributed by atoms with Gasteiger partial charge in [-0.15, -0.1) is 0 Å². The van der Waals surface area contributed by atoms with E-state index in [0.717, 1.165) is 36.9 Å². The van der Waals surface area contributed by atoms with Crippen LogP contribution < -0.4 is 0 Å². The molecule has 33 heavy (non-hydrogen) atoms. The fraction of sp³-hybridized carbons (Fsp3) is 0.556. The SMILES string of the molecule is CC(C)CN(Cc1cccn1C)C(=O)CN(C(=O)COCc1ccccc1)C1CCCCC1. The van der Waals surface area contributed by atoms with Gasteiger partial charge in [-0.2, -0.15) is 0 Å². The molecule has 1 aromatic heterocycles. The molecular formula is C27H39N3O3. The van der Waals surface area contributed by atoms with Gasteiger partial charge in [0.25, 0.3) is 0 Å². The first kappa shape index (κ1) is 25.0. The Labute approximate surface area is 198 Å². The van der Waals surface area contributed by atoms with Crippen LogP contribution in [0.2, 0.25) is 0 Å². The van der Waals surface area contributed by atoms with E-state index in [1.807, 2.05) is 65.2 Å². The number of rotatable bonds is 11. The first-order valence-corrected chi connectivity index (χ1v) is 12.2. The summed E-state index contributed by atoms with van der Waals surface area (Å²) in [5, 5.41) is 0. The number of hydrogen-bond acceptors (Lipinski definition) is 3. The van der Waals surface area contributed by atoms with Crippen LogP contribution in [0.25, 0.3) is 0 Å². The molecule has 0 radical (unpaired) electrons. The summed E-state index contributed by atoms with van der Waals surface area (Å²) >= 11 is 0. The van der Waals surface area contributed by atoms with Crippen LogP contribution >= 0.6 is 0 Å². The molecule has 1 saturated carbocycles. The summed E-state index contributed by atoms with van der Waals surface area (Å²) in [7, 11) is 2.00. The van der Waals surface area contributed by atoms with E-state index in [4.69, 9.17) is 4.74 Å². The zero-order valence-electron chi connectivity index (χ0n) is 20.4. The third-order valence-electron chi connectivity index (χ3n) is 6.32. The molecule has 180 valence electrons. The van der Waals surface area contributed by atoms with Gasteiger partial charge < -0.3 is 19.1 Å². The second-order valence-electron chi connectivity index (χ2n) is 9.57. The summed E-state index contributed by atoms with van der Waals surface area (Å²) in [4.78, 5) is 30.4. The minimum absolute atomic E-state index is 0.000660. The molecule has 1 heterocycles. The molecule has 0 N–H and O–H groups in total. The highest BCUT2D eigenvalue weighted by atomic mass is 16.5. The van der Waals surface area contributed by atoms with E-state index in [2.05, 4.69) is 13.8 Å². The van der Waals surface area contributed by atoms with Gasteiger partial charge in [0.2, 0.25) is 11.8 Å². The predicted molar refractivity (Wildman–Crippen MR) is 130 cm³/mol. The van der Waals surface area contributed by atoms with Crippen LogP contribution in [-0.4, -0.2) is 51.9 Å². The van der Waals surface area contributed by atoms with Crippen molar-refractivity contribution in [1.29, 1.82) is 0 Å². The van der Waals surface area contributed by atoms with Gasteiger partial charge in [-0.05, 0) is 36.5 Å². The lowest BCUT2D eigenvalue weighted by Gasteiger charge is -2.36. The summed E-state index contributed by atoms with van der Waals surface area (Å²) in [5.74, 6) is 0.267. The maximum Gasteiger partial charge on any atom is 0.249 e. The number of carbonyl (C=O) groups excluding carboxylic acids is 2. The van der Waals surface area contributed by atoms with Crippen LogP contribution in [-0.2, 0) is 34.5 Å². The Morgan fingerprint density at radius 2 is 1.76 bits per heavy atom. The molecule has 2 aromatic rings. The highest BCUT2D eigenvalue weighted by Crippen LogP contribution is 2.23. The fourth-order valence-corrected chi connectivity index (χ4v) is 4.52. The van der Waals surface area contributed by atoms with E-state index in [9.17, 15) is 9.59 Å². The number of hydrogen-bond donors (Lipinski definition) is 0. The monoisotopic (exact) mass is 453 g/mol. The first-order chi connectivity index (χ1) is 15.9. The molecular weight excluding hydrogens is 414 g/mol. The van der Waals surface area contributed by atoms with E-state index < -0.39 is 0 Å². The maximum absolute atomic E-state index is 13.5. The molecule has 0 saturated heterocycles. The van der Waals surface area contributed by atoms with Crippen LogP contribution in [0.4, 0.5) is 0 Å². The van der Waals surface area contributed by atoms with E-state index in [1.165, 1.54) is 6.42 Å². The van der Waals surface area contributed by atoms with Gasteiger partial charge in [0.15, 0.2) is 0 Å². The van der Waals surface area contributed by atoms with Crippen LogP contribution in [0.15, 0.2) is 48.7 Å². The molecule has 0 atom stereocenters. The van der Waals surface area contributed by atoms with Crippen LogP contribution in [0.5, 0.6) is 0 Å². The molecule has 0 bridgehead atoms. The van der Waals surface area contributed by atoms with Gasteiger partial charge >= 0.3 is 0 Å². The Kier molecular flexibility index (Phi) is 9.55. The number of nitrogens with zero attached hydrogens (tertiary/aromatic N) is 3. The zero-order valence-corrected chi connectivity index (χ0v) is 20.4. The fourth-order valence-electron chi connectivity index (χ4n) is 4.52. The molecule has 6 nitrogen and oxygen atoms in total. The lowest BCUT2D eigenvalue weighted by molar-refractivity contribution is -0.147. The first-order valence-electron chi connectivity index (χ1n) is 12.2. The summed E-state index contributed by atoms with van der Waals surface area (Å²) < 4.78 is 7.79. The molecule has 1 fully saturated rings. The van der Waals surface area contributed by atoms with Crippen LogP contribution in [0, 0.1) is 5.92 Å². The number of aromatic nitrogens is 1. The van der Waals surface area contributed by atoms with Crippen molar-refractivity contribution >= 4 is 11.8 Å². The molecule has 0 aliphatic heterocycles. The third-order valence-corrected chi connectivity index (χ3v) is 6.32. The minimum Gasteiger partial charge on any atom is -0.367 e. The second-order valence-corrected chi connectivity index (χ2v) is 9.57. The lowest BCUT2D eigenvalue weighted by atomic mass is 9.94. The summed E-state index contributed by atoms with van der Waals surface area (Å²) in [5.41, 5.74) is 2.13. The smallest absolute Gasteiger partial charge is 0.249 e. The van der Waals surface area contributed by atoms with Gasteiger partial charge in [-0.25, -0.2) is 0 Å². The number of aryl methyl sites for hydroxylation is 1. The molecule has 1 aromatic carbocycles. The van der Waals surface area contributed by atoms with Gasteiger partial charge in [0.1, 0.15) is 13.2 Å². The summed E-state index contributed by atoms with van der Waals surface area (Å²) in [6.45, 7) is 5.97. The molecule has 2 amide bonds. The molecule has 1 aliphatic rings. The maximum atomic E-state index is 13.5. The van der Waals surface area contributed by atoms with Crippen LogP contribution in [0.3, 0.4) is 0 Å². The van der Waals surface area contributed by atoms with Gasteiger partial charge in [0, 0.05) is 31.5 Å². The Morgan fingerprint density at radius 3 is 2.39 bits per heavy atom. The molecule has 0 unspecified atom stereocenters. The number of carbonyl (C=O) groups is 2. The standard InChI is InChI=1S/C27H39N3O3/c1-22(2)17-29(18-25-15-10-16-28(25)3)26(31)19-30(24-13-8-5-9-14-24)27(32)21-33-20-23-11-6-4-7-12-23/h4,6-7,10-12,15-16,22,24H,5,8-9,13-14,17-21H2,1-3H3. The van der Waals surface area contributed by atoms with Crippen molar-refractivity contribution in [2.45, 2.75) is 65.1 Å². The molecule has 3 rings (SSSR count). The third kappa shape index (κ3) is 7.74. The van der Waals surface area contributed by atoms with Gasteiger partial charge in [0.05, 0.1) is 13.2 Å². The summed E-state index contributed by atoms with van der Waals surface area (Å²) in [6, 6.07) is 14.0. The lowest BCUT2D eigenvalue weighted by Crippen LogP contribution is -2.49. The Morgan fingerprint density at radius 1 is 1.03 bits per heavy atom. The quantitative estimate of drug-likeness (QED) is 0.507. The van der Waals surface area contributed by atoms with E-state index in [-0.39, 0.29) is 31.0 Å². The Hall–Kier alpha value is -2.60. The van der Waals surface area contributed by atoms with Crippen LogP contribution in [0.1, 0.15) is 57.2 Å². The largest absolute Gasteiger partial charge is 0.367 e. The van der Waals surface area contributed by atoms with Crippen molar-refractivity contribution in [3.63, 3.8) is 0 Å².